The van der Waals surface area contributed by atoms with Crippen LogP contribution in [0, 0.1) is 5.92 Å². The van der Waals surface area contributed by atoms with Gasteiger partial charge in [-0.25, -0.2) is 9.78 Å². The Morgan fingerprint density at radius 1 is 1.07 bits per heavy atom. The molecule has 1 aliphatic heterocycles. The summed E-state index contributed by atoms with van der Waals surface area (Å²) in [6.45, 7) is 0.371. The molecule has 1 atom stereocenters. The Morgan fingerprint density at radius 3 is 2.63 bits per heavy atom. The highest BCUT2D eigenvalue weighted by molar-refractivity contribution is 7.14. The third kappa shape index (κ3) is 4.46. The highest BCUT2D eigenvalue weighted by Crippen LogP contribution is 2.29. The molecule has 158 valence electrons. The molecule has 0 radical (unpaired) electrons. The molecule has 2 heterocycles. The molecule has 1 saturated carbocycles. The van der Waals surface area contributed by atoms with Crippen LogP contribution in [0.25, 0.3) is 11.3 Å². The summed E-state index contributed by atoms with van der Waals surface area (Å²) in [5.74, 6) is -0.195. The molecule has 3 N–H and O–H groups in total. The van der Waals surface area contributed by atoms with Crippen LogP contribution in [0.2, 0.25) is 0 Å². The summed E-state index contributed by atoms with van der Waals surface area (Å²) in [6.07, 6.45) is 4.21. The number of benzene rings is 1. The number of nitrogens with zero attached hydrogens (tertiary/aromatic N) is 2. The van der Waals surface area contributed by atoms with Gasteiger partial charge >= 0.3 is 6.09 Å². The lowest BCUT2D eigenvalue weighted by molar-refractivity contribution is -0.120. The topological polar surface area (TPSA) is 112 Å². The second-order valence-electron chi connectivity index (χ2n) is 7.71. The highest BCUT2D eigenvalue weighted by atomic mass is 32.1. The van der Waals surface area contributed by atoms with Gasteiger partial charge < -0.3 is 15.7 Å². The van der Waals surface area contributed by atoms with Gasteiger partial charge in [0.1, 0.15) is 6.04 Å². The van der Waals surface area contributed by atoms with Crippen LogP contribution in [0.4, 0.5) is 15.6 Å². The monoisotopic (exact) mass is 428 g/mol. The Balaban J connectivity index is 1.42. The fraction of sp³-hybridized carbons (Fsp3) is 0.429. The van der Waals surface area contributed by atoms with Crippen LogP contribution in [0.15, 0.2) is 29.6 Å². The Labute approximate surface area is 178 Å². The van der Waals surface area contributed by atoms with Crippen LogP contribution in [0.5, 0.6) is 0 Å². The van der Waals surface area contributed by atoms with Crippen molar-refractivity contribution < 1.29 is 19.5 Å². The van der Waals surface area contributed by atoms with Crippen molar-refractivity contribution in [3.05, 3.63) is 29.6 Å². The van der Waals surface area contributed by atoms with Crippen molar-refractivity contribution in [2.24, 2.45) is 5.92 Å². The third-order valence-electron chi connectivity index (χ3n) is 5.69. The zero-order valence-electron chi connectivity index (χ0n) is 16.5. The lowest BCUT2D eigenvalue weighted by Gasteiger charge is -2.19. The maximum atomic E-state index is 12.5. The van der Waals surface area contributed by atoms with Gasteiger partial charge in [-0.15, -0.1) is 11.3 Å². The number of aromatic nitrogens is 1. The van der Waals surface area contributed by atoms with Gasteiger partial charge in [0.25, 0.3) is 0 Å². The average Bonchev–Trinajstić information content (AvgIpc) is 3.48. The molecule has 1 saturated heterocycles. The SMILES string of the molecule is O=C(Nc1cccc(-c2csc(NC(=O)C3CCCN3C(=O)O)n2)c1)C1CCCC1. The van der Waals surface area contributed by atoms with Gasteiger partial charge in [0.2, 0.25) is 11.8 Å². The minimum Gasteiger partial charge on any atom is -0.465 e. The maximum absolute atomic E-state index is 12.5. The summed E-state index contributed by atoms with van der Waals surface area (Å²) >= 11 is 1.28. The van der Waals surface area contributed by atoms with Crippen molar-refractivity contribution in [1.29, 1.82) is 0 Å². The number of likely N-dealkylation sites (tertiary alicyclic amines) is 1. The Kier molecular flexibility index (Phi) is 5.98. The first-order chi connectivity index (χ1) is 14.5. The minimum absolute atomic E-state index is 0.0652. The van der Waals surface area contributed by atoms with Crippen LogP contribution in [-0.2, 0) is 9.59 Å². The summed E-state index contributed by atoms with van der Waals surface area (Å²) in [5, 5.41) is 17.2. The number of carbonyl (C=O) groups excluding carboxylic acids is 2. The van der Waals surface area contributed by atoms with Crippen LogP contribution < -0.4 is 10.6 Å². The van der Waals surface area contributed by atoms with E-state index in [9.17, 15) is 19.5 Å². The fourth-order valence-electron chi connectivity index (χ4n) is 4.11. The molecule has 3 amide bonds. The van der Waals surface area contributed by atoms with Gasteiger partial charge in [0, 0.05) is 29.1 Å². The Hall–Kier alpha value is -2.94. The van der Waals surface area contributed by atoms with Crippen molar-refractivity contribution in [2.75, 3.05) is 17.2 Å². The van der Waals surface area contributed by atoms with Crippen molar-refractivity contribution in [3.63, 3.8) is 0 Å². The predicted molar refractivity (Wildman–Crippen MR) is 115 cm³/mol. The van der Waals surface area contributed by atoms with E-state index in [-0.39, 0.29) is 17.7 Å². The van der Waals surface area contributed by atoms with E-state index in [1.807, 2.05) is 29.6 Å². The van der Waals surface area contributed by atoms with Crippen molar-refractivity contribution >= 4 is 40.1 Å². The highest BCUT2D eigenvalue weighted by Gasteiger charge is 2.34. The van der Waals surface area contributed by atoms with Gasteiger partial charge in [-0.3, -0.25) is 14.5 Å². The molecule has 1 unspecified atom stereocenters. The van der Waals surface area contributed by atoms with Crippen LogP contribution >= 0.6 is 11.3 Å². The number of hydrogen-bond acceptors (Lipinski definition) is 5. The first-order valence-electron chi connectivity index (χ1n) is 10.2. The molecule has 30 heavy (non-hydrogen) atoms. The standard InChI is InChI=1S/C21H24N4O4S/c26-18(13-5-1-2-6-13)22-15-8-3-7-14(11-15)16-12-30-20(23-16)24-19(27)17-9-4-10-25(17)21(28)29/h3,7-8,11-13,17H,1-2,4-6,9-10H2,(H,22,26)(H,28,29)(H,23,24,27). The zero-order valence-corrected chi connectivity index (χ0v) is 17.3. The second-order valence-corrected chi connectivity index (χ2v) is 8.57. The van der Waals surface area contributed by atoms with Gasteiger partial charge in [-0.2, -0.15) is 0 Å². The molecule has 4 rings (SSSR count). The Bertz CT molecular complexity index is 954. The number of carbonyl (C=O) groups is 3. The fourth-order valence-corrected chi connectivity index (χ4v) is 4.83. The molecule has 0 spiro atoms. The van der Waals surface area contributed by atoms with E-state index in [0.717, 1.165) is 36.9 Å². The van der Waals surface area contributed by atoms with Crippen LogP contribution in [0.3, 0.4) is 0 Å². The van der Waals surface area contributed by atoms with E-state index < -0.39 is 12.1 Å². The van der Waals surface area contributed by atoms with E-state index in [1.54, 1.807) is 0 Å². The van der Waals surface area contributed by atoms with E-state index >= 15 is 0 Å². The van der Waals surface area contributed by atoms with E-state index in [0.29, 0.717) is 30.2 Å². The van der Waals surface area contributed by atoms with Gasteiger partial charge in [0.05, 0.1) is 5.69 Å². The smallest absolute Gasteiger partial charge is 0.407 e. The summed E-state index contributed by atoms with van der Waals surface area (Å²) in [5.41, 5.74) is 2.25. The lowest BCUT2D eigenvalue weighted by atomic mass is 10.1. The predicted octanol–water partition coefficient (Wildman–Crippen LogP) is 4.02. The molecular weight excluding hydrogens is 404 g/mol. The molecule has 9 heteroatoms. The van der Waals surface area contributed by atoms with Crippen LogP contribution in [0.1, 0.15) is 38.5 Å². The van der Waals surface area contributed by atoms with Gasteiger partial charge in [0.15, 0.2) is 5.13 Å². The number of nitrogens with one attached hydrogen (secondary N) is 2. The molecule has 8 nitrogen and oxygen atoms in total. The normalized spacial score (nSPS) is 19.1. The molecule has 1 aromatic carbocycles. The van der Waals surface area contributed by atoms with Crippen molar-refractivity contribution in [1.82, 2.24) is 9.88 Å². The van der Waals surface area contributed by atoms with E-state index in [1.165, 1.54) is 16.2 Å². The van der Waals surface area contributed by atoms with Crippen molar-refractivity contribution in [2.45, 2.75) is 44.6 Å². The summed E-state index contributed by atoms with van der Waals surface area (Å²) in [4.78, 5) is 41.7. The first kappa shape index (κ1) is 20.3. The zero-order chi connectivity index (χ0) is 21.1. The Morgan fingerprint density at radius 2 is 1.87 bits per heavy atom. The minimum atomic E-state index is -1.08. The number of thiazole rings is 1. The number of rotatable bonds is 5. The molecule has 2 aliphatic rings. The molecule has 1 aliphatic carbocycles. The number of hydrogen-bond donors (Lipinski definition) is 3. The van der Waals surface area contributed by atoms with Gasteiger partial charge in [-0.05, 0) is 37.8 Å². The average molecular weight is 429 g/mol. The number of amides is 3. The molecule has 2 aromatic rings. The van der Waals surface area contributed by atoms with Crippen LogP contribution in [-0.4, -0.2) is 45.5 Å². The number of anilines is 2. The molecular formula is C21H24N4O4S. The summed E-state index contributed by atoms with van der Waals surface area (Å²) < 4.78 is 0. The molecule has 0 bridgehead atoms. The molecule has 1 aromatic heterocycles. The maximum Gasteiger partial charge on any atom is 0.407 e. The third-order valence-corrected chi connectivity index (χ3v) is 6.45. The summed E-state index contributed by atoms with van der Waals surface area (Å²) in [6, 6.07) is 6.81. The molecule has 2 fully saturated rings. The largest absolute Gasteiger partial charge is 0.465 e. The number of carboxylic acid groups (broad SMARTS) is 1. The van der Waals surface area contributed by atoms with E-state index in [2.05, 4.69) is 15.6 Å². The van der Waals surface area contributed by atoms with Crippen molar-refractivity contribution in [3.8, 4) is 11.3 Å². The second kappa shape index (κ2) is 8.83. The van der Waals surface area contributed by atoms with Gasteiger partial charge in [-0.1, -0.05) is 25.0 Å². The summed E-state index contributed by atoms with van der Waals surface area (Å²) in [7, 11) is 0. The first-order valence-corrected chi connectivity index (χ1v) is 11.1. The van der Waals surface area contributed by atoms with E-state index in [4.69, 9.17) is 0 Å². The lowest BCUT2D eigenvalue weighted by Crippen LogP contribution is -2.42. The quantitative estimate of drug-likeness (QED) is 0.666.